The SMILES string of the molecule is CC(=O)c1ccc(-c2ccccc2F)cc1. The Morgan fingerprint density at radius 2 is 1.62 bits per heavy atom. The molecule has 16 heavy (non-hydrogen) atoms. The van der Waals surface area contributed by atoms with E-state index in [1.165, 1.54) is 13.0 Å². The molecule has 0 amide bonds. The van der Waals surface area contributed by atoms with Gasteiger partial charge in [0.1, 0.15) is 5.82 Å². The number of Topliss-reactive ketones (excluding diaryl/α,β-unsaturated/α-hetero) is 1. The van der Waals surface area contributed by atoms with Crippen molar-refractivity contribution in [1.82, 2.24) is 0 Å². The molecule has 2 aromatic carbocycles. The molecule has 80 valence electrons. The van der Waals surface area contributed by atoms with Crippen molar-refractivity contribution in [3.63, 3.8) is 0 Å². The first-order valence-corrected chi connectivity index (χ1v) is 5.04. The minimum absolute atomic E-state index is 0.0140. The predicted molar refractivity (Wildman–Crippen MR) is 61.8 cm³/mol. The van der Waals surface area contributed by atoms with Gasteiger partial charge in [0.25, 0.3) is 0 Å². The van der Waals surface area contributed by atoms with Crippen LogP contribution in [0.5, 0.6) is 0 Å². The summed E-state index contributed by atoms with van der Waals surface area (Å²) in [5, 5.41) is 0. The summed E-state index contributed by atoms with van der Waals surface area (Å²) in [6.07, 6.45) is 0. The quantitative estimate of drug-likeness (QED) is 0.697. The molecule has 0 N–H and O–H groups in total. The van der Waals surface area contributed by atoms with Crippen molar-refractivity contribution in [3.05, 3.63) is 59.9 Å². The van der Waals surface area contributed by atoms with Crippen molar-refractivity contribution in [3.8, 4) is 11.1 Å². The maximum atomic E-state index is 13.5. The fourth-order valence-electron chi connectivity index (χ4n) is 1.58. The van der Waals surface area contributed by atoms with Crippen LogP contribution in [0.4, 0.5) is 4.39 Å². The molecule has 0 bridgehead atoms. The van der Waals surface area contributed by atoms with Crippen LogP contribution in [-0.2, 0) is 0 Å². The molecule has 0 fully saturated rings. The molecule has 0 aliphatic heterocycles. The van der Waals surface area contributed by atoms with Gasteiger partial charge >= 0.3 is 0 Å². The molecule has 0 aromatic heterocycles. The van der Waals surface area contributed by atoms with Crippen molar-refractivity contribution in [1.29, 1.82) is 0 Å². The molecule has 0 saturated heterocycles. The Hall–Kier alpha value is -1.96. The lowest BCUT2D eigenvalue weighted by atomic mass is 10.0. The molecule has 2 heteroatoms. The number of benzene rings is 2. The van der Waals surface area contributed by atoms with Gasteiger partial charge in [0, 0.05) is 11.1 Å². The van der Waals surface area contributed by atoms with Gasteiger partial charge in [0.2, 0.25) is 0 Å². The maximum absolute atomic E-state index is 13.5. The zero-order valence-corrected chi connectivity index (χ0v) is 8.91. The van der Waals surface area contributed by atoms with Crippen LogP contribution in [-0.4, -0.2) is 5.78 Å². The van der Waals surface area contributed by atoms with Crippen molar-refractivity contribution < 1.29 is 9.18 Å². The summed E-state index contributed by atoms with van der Waals surface area (Å²) in [4.78, 5) is 11.1. The van der Waals surface area contributed by atoms with Crippen LogP contribution in [0.25, 0.3) is 11.1 Å². The third-order valence-corrected chi connectivity index (χ3v) is 2.48. The minimum Gasteiger partial charge on any atom is -0.295 e. The number of rotatable bonds is 2. The second-order valence-electron chi connectivity index (χ2n) is 3.61. The lowest BCUT2D eigenvalue weighted by Gasteiger charge is -2.03. The molecule has 2 aromatic rings. The van der Waals surface area contributed by atoms with Gasteiger partial charge in [-0.1, -0.05) is 42.5 Å². The maximum Gasteiger partial charge on any atom is 0.159 e. The van der Waals surface area contributed by atoms with E-state index in [1.807, 2.05) is 0 Å². The fourth-order valence-corrected chi connectivity index (χ4v) is 1.58. The highest BCUT2D eigenvalue weighted by molar-refractivity contribution is 5.94. The Morgan fingerprint density at radius 3 is 2.19 bits per heavy atom. The van der Waals surface area contributed by atoms with Crippen LogP contribution in [0.3, 0.4) is 0 Å². The number of carbonyl (C=O) groups excluding carboxylic acids is 1. The first kappa shape index (κ1) is 10.6. The molecule has 0 unspecified atom stereocenters. The molecular formula is C14H11FO. The van der Waals surface area contributed by atoms with Crippen LogP contribution in [0.1, 0.15) is 17.3 Å². The second-order valence-corrected chi connectivity index (χ2v) is 3.61. The van der Waals surface area contributed by atoms with E-state index in [4.69, 9.17) is 0 Å². The second kappa shape index (κ2) is 4.27. The van der Waals surface area contributed by atoms with Crippen LogP contribution in [0, 0.1) is 5.82 Å². The number of hydrogen-bond donors (Lipinski definition) is 0. The molecule has 0 spiro atoms. The number of carbonyl (C=O) groups is 1. The summed E-state index contributed by atoms with van der Waals surface area (Å²) in [7, 11) is 0. The Kier molecular flexibility index (Phi) is 2.82. The average molecular weight is 214 g/mol. The Morgan fingerprint density at radius 1 is 1.00 bits per heavy atom. The zero-order valence-electron chi connectivity index (χ0n) is 8.91. The van der Waals surface area contributed by atoms with Crippen molar-refractivity contribution in [2.75, 3.05) is 0 Å². The molecule has 1 nitrogen and oxygen atoms in total. The van der Waals surface area contributed by atoms with E-state index in [2.05, 4.69) is 0 Å². The van der Waals surface area contributed by atoms with Gasteiger partial charge in [-0.25, -0.2) is 4.39 Å². The van der Waals surface area contributed by atoms with Crippen molar-refractivity contribution >= 4 is 5.78 Å². The normalized spacial score (nSPS) is 10.1. The van der Waals surface area contributed by atoms with E-state index in [0.29, 0.717) is 11.1 Å². The van der Waals surface area contributed by atoms with Gasteiger partial charge in [-0.3, -0.25) is 4.79 Å². The third-order valence-electron chi connectivity index (χ3n) is 2.48. The Balaban J connectivity index is 2.43. The number of ketones is 1. The van der Waals surface area contributed by atoms with Gasteiger partial charge in [-0.05, 0) is 18.6 Å². The summed E-state index contributed by atoms with van der Waals surface area (Å²) in [5.74, 6) is -0.238. The Labute approximate surface area is 93.5 Å². The molecule has 0 aliphatic carbocycles. The van der Waals surface area contributed by atoms with E-state index in [1.54, 1.807) is 42.5 Å². The van der Waals surface area contributed by atoms with Gasteiger partial charge < -0.3 is 0 Å². The van der Waals surface area contributed by atoms with E-state index >= 15 is 0 Å². The molecule has 0 atom stereocenters. The van der Waals surface area contributed by atoms with Crippen LogP contribution in [0.2, 0.25) is 0 Å². The molecular weight excluding hydrogens is 203 g/mol. The van der Waals surface area contributed by atoms with E-state index < -0.39 is 0 Å². The minimum atomic E-state index is -0.252. The van der Waals surface area contributed by atoms with Crippen LogP contribution in [0.15, 0.2) is 48.5 Å². The summed E-state index contributed by atoms with van der Waals surface area (Å²) >= 11 is 0. The van der Waals surface area contributed by atoms with Crippen molar-refractivity contribution in [2.45, 2.75) is 6.92 Å². The predicted octanol–water partition coefficient (Wildman–Crippen LogP) is 3.70. The highest BCUT2D eigenvalue weighted by Gasteiger charge is 2.04. The van der Waals surface area contributed by atoms with Crippen molar-refractivity contribution in [2.24, 2.45) is 0 Å². The molecule has 0 saturated carbocycles. The fraction of sp³-hybridized carbons (Fsp3) is 0.0714. The van der Waals surface area contributed by atoms with Gasteiger partial charge in [-0.15, -0.1) is 0 Å². The third kappa shape index (κ3) is 2.01. The van der Waals surface area contributed by atoms with Gasteiger partial charge in [0.15, 0.2) is 5.78 Å². The Bertz CT molecular complexity index is 515. The molecule has 2 rings (SSSR count). The van der Waals surface area contributed by atoms with Gasteiger partial charge in [-0.2, -0.15) is 0 Å². The van der Waals surface area contributed by atoms with Gasteiger partial charge in [0.05, 0.1) is 0 Å². The van der Waals surface area contributed by atoms with E-state index in [-0.39, 0.29) is 11.6 Å². The highest BCUT2D eigenvalue weighted by Crippen LogP contribution is 2.22. The summed E-state index contributed by atoms with van der Waals surface area (Å²) in [5.41, 5.74) is 1.97. The summed E-state index contributed by atoms with van der Waals surface area (Å²) < 4.78 is 13.5. The monoisotopic (exact) mass is 214 g/mol. The highest BCUT2D eigenvalue weighted by atomic mass is 19.1. The lowest BCUT2D eigenvalue weighted by molar-refractivity contribution is 0.101. The lowest BCUT2D eigenvalue weighted by Crippen LogP contribution is -1.91. The number of halogens is 1. The summed E-state index contributed by atoms with van der Waals surface area (Å²) in [6.45, 7) is 1.51. The van der Waals surface area contributed by atoms with E-state index in [9.17, 15) is 9.18 Å². The largest absolute Gasteiger partial charge is 0.295 e. The molecule has 0 aliphatic rings. The zero-order chi connectivity index (χ0) is 11.5. The van der Waals surface area contributed by atoms with Crippen LogP contribution >= 0.6 is 0 Å². The molecule has 0 heterocycles. The smallest absolute Gasteiger partial charge is 0.159 e. The van der Waals surface area contributed by atoms with E-state index in [0.717, 1.165) is 5.56 Å². The molecule has 0 radical (unpaired) electrons. The topological polar surface area (TPSA) is 17.1 Å². The number of hydrogen-bond acceptors (Lipinski definition) is 1. The van der Waals surface area contributed by atoms with Crippen LogP contribution < -0.4 is 0 Å². The standard InChI is InChI=1S/C14H11FO/c1-10(16)11-6-8-12(9-7-11)13-4-2-3-5-14(13)15/h2-9H,1H3. The average Bonchev–Trinajstić information content (AvgIpc) is 2.30. The first-order valence-electron chi connectivity index (χ1n) is 5.04. The summed E-state index contributed by atoms with van der Waals surface area (Å²) in [6, 6.07) is 13.5. The first-order chi connectivity index (χ1) is 7.68.